The molecule has 1 aliphatic heterocycles. The lowest BCUT2D eigenvalue weighted by molar-refractivity contribution is -0.126. The average molecular weight is 373 g/mol. The molecule has 7 heteroatoms. The van der Waals surface area contributed by atoms with E-state index in [1.54, 1.807) is 42.4 Å². The number of nitrogens with one attached hydrogen (secondary N) is 1. The van der Waals surface area contributed by atoms with Crippen molar-refractivity contribution in [2.75, 3.05) is 25.1 Å². The van der Waals surface area contributed by atoms with Crippen LogP contribution in [0.3, 0.4) is 0 Å². The highest BCUT2D eigenvalue weighted by molar-refractivity contribution is 7.89. The van der Waals surface area contributed by atoms with E-state index >= 15 is 0 Å². The number of carbonyl (C=O) groups excluding carboxylic acids is 1. The molecule has 138 valence electrons. The number of hydrogen-bond donors (Lipinski definition) is 1. The number of sulfonamides is 1. The van der Waals surface area contributed by atoms with Gasteiger partial charge in [-0.2, -0.15) is 4.31 Å². The maximum atomic E-state index is 12.8. The summed E-state index contributed by atoms with van der Waals surface area (Å²) in [5.74, 6) is -0.530. The summed E-state index contributed by atoms with van der Waals surface area (Å²) in [5, 5.41) is 1.66. The third-order valence-corrected chi connectivity index (χ3v) is 6.44. The quantitative estimate of drug-likeness (QED) is 0.816. The van der Waals surface area contributed by atoms with E-state index in [0.717, 1.165) is 5.69 Å². The molecule has 1 amide bonds. The SMILES string of the molecule is CN(NC(=O)C1CCCN(S(=O)(=O)c2ccccc2)C1)c1ccccc1. The minimum Gasteiger partial charge on any atom is -0.289 e. The molecule has 26 heavy (non-hydrogen) atoms. The van der Waals surface area contributed by atoms with Crippen molar-refractivity contribution >= 4 is 21.6 Å². The van der Waals surface area contributed by atoms with E-state index in [9.17, 15) is 13.2 Å². The number of anilines is 1. The smallest absolute Gasteiger partial charge is 0.243 e. The van der Waals surface area contributed by atoms with Gasteiger partial charge in [0, 0.05) is 20.1 Å². The first kappa shape index (κ1) is 18.4. The number of hydrogen-bond acceptors (Lipinski definition) is 4. The Balaban J connectivity index is 1.67. The lowest BCUT2D eigenvalue weighted by Gasteiger charge is -2.32. The first-order valence-electron chi connectivity index (χ1n) is 8.63. The fourth-order valence-electron chi connectivity index (χ4n) is 3.09. The molecule has 0 radical (unpaired) electrons. The van der Waals surface area contributed by atoms with Crippen LogP contribution in [0, 0.1) is 5.92 Å². The summed E-state index contributed by atoms with van der Waals surface area (Å²) in [6, 6.07) is 17.9. The van der Waals surface area contributed by atoms with Crippen LogP contribution in [0.1, 0.15) is 12.8 Å². The number of amides is 1. The highest BCUT2D eigenvalue weighted by atomic mass is 32.2. The Morgan fingerprint density at radius 3 is 2.35 bits per heavy atom. The number of benzene rings is 2. The van der Waals surface area contributed by atoms with Gasteiger partial charge in [0.15, 0.2) is 0 Å². The van der Waals surface area contributed by atoms with Crippen molar-refractivity contribution in [1.82, 2.24) is 9.73 Å². The normalized spacial score (nSPS) is 18.3. The summed E-state index contributed by atoms with van der Waals surface area (Å²) in [6.45, 7) is 0.640. The minimum absolute atomic E-state index is 0.163. The first-order chi connectivity index (χ1) is 12.5. The molecule has 1 fully saturated rings. The van der Waals surface area contributed by atoms with Gasteiger partial charge >= 0.3 is 0 Å². The average Bonchev–Trinajstić information content (AvgIpc) is 2.69. The lowest BCUT2D eigenvalue weighted by Crippen LogP contribution is -2.49. The molecule has 1 aliphatic rings. The number of piperidine rings is 1. The molecule has 2 aromatic rings. The molecule has 1 saturated heterocycles. The van der Waals surface area contributed by atoms with Gasteiger partial charge in [0.2, 0.25) is 15.9 Å². The summed E-state index contributed by atoms with van der Waals surface area (Å²) < 4.78 is 27.0. The van der Waals surface area contributed by atoms with Crippen LogP contribution in [0.5, 0.6) is 0 Å². The van der Waals surface area contributed by atoms with Crippen LogP contribution < -0.4 is 10.4 Å². The van der Waals surface area contributed by atoms with Gasteiger partial charge in [0.1, 0.15) is 0 Å². The van der Waals surface area contributed by atoms with Gasteiger partial charge in [-0.05, 0) is 37.1 Å². The first-order valence-corrected chi connectivity index (χ1v) is 10.1. The van der Waals surface area contributed by atoms with Gasteiger partial charge in [-0.3, -0.25) is 15.2 Å². The fraction of sp³-hybridized carbons (Fsp3) is 0.316. The van der Waals surface area contributed by atoms with Gasteiger partial charge < -0.3 is 0 Å². The Kier molecular flexibility index (Phi) is 5.58. The van der Waals surface area contributed by atoms with Crippen LogP contribution >= 0.6 is 0 Å². The van der Waals surface area contributed by atoms with Crippen LogP contribution in [-0.2, 0) is 14.8 Å². The van der Waals surface area contributed by atoms with E-state index in [1.807, 2.05) is 30.3 Å². The minimum atomic E-state index is -3.57. The molecular weight excluding hydrogens is 350 g/mol. The zero-order chi connectivity index (χ0) is 18.6. The highest BCUT2D eigenvalue weighted by Gasteiger charge is 2.33. The van der Waals surface area contributed by atoms with Crippen LogP contribution in [0.4, 0.5) is 5.69 Å². The molecule has 0 aromatic heterocycles. The fourth-order valence-corrected chi connectivity index (χ4v) is 4.63. The lowest BCUT2D eigenvalue weighted by atomic mass is 9.99. The van der Waals surface area contributed by atoms with E-state index in [-0.39, 0.29) is 23.3 Å². The van der Waals surface area contributed by atoms with Gasteiger partial charge in [0.05, 0.1) is 16.5 Å². The molecule has 1 atom stereocenters. The van der Waals surface area contributed by atoms with Crippen molar-refractivity contribution in [2.24, 2.45) is 5.92 Å². The third kappa shape index (κ3) is 4.05. The van der Waals surface area contributed by atoms with Crippen molar-refractivity contribution in [1.29, 1.82) is 0 Å². The number of para-hydroxylation sites is 1. The number of carbonyl (C=O) groups is 1. The van der Waals surface area contributed by atoms with E-state index in [4.69, 9.17) is 0 Å². The maximum Gasteiger partial charge on any atom is 0.243 e. The molecule has 1 unspecified atom stereocenters. The predicted octanol–water partition coefficient (Wildman–Crippen LogP) is 2.25. The summed E-state index contributed by atoms with van der Waals surface area (Å²) >= 11 is 0. The molecule has 0 aliphatic carbocycles. The topological polar surface area (TPSA) is 69.7 Å². The Hall–Kier alpha value is -2.38. The van der Waals surface area contributed by atoms with Gasteiger partial charge in [0.25, 0.3) is 0 Å². The van der Waals surface area contributed by atoms with Gasteiger partial charge in [-0.1, -0.05) is 36.4 Å². The third-order valence-electron chi connectivity index (χ3n) is 4.56. The second kappa shape index (κ2) is 7.88. The van der Waals surface area contributed by atoms with Crippen LogP contribution in [0.2, 0.25) is 0 Å². The molecule has 2 aromatic carbocycles. The van der Waals surface area contributed by atoms with E-state index in [0.29, 0.717) is 19.4 Å². The number of rotatable bonds is 5. The van der Waals surface area contributed by atoms with E-state index in [2.05, 4.69) is 5.43 Å². The number of hydrazine groups is 1. The monoisotopic (exact) mass is 373 g/mol. The zero-order valence-electron chi connectivity index (χ0n) is 14.7. The summed E-state index contributed by atoms with van der Waals surface area (Å²) in [4.78, 5) is 12.9. The van der Waals surface area contributed by atoms with Crippen molar-refractivity contribution < 1.29 is 13.2 Å². The molecule has 0 bridgehead atoms. The number of nitrogens with zero attached hydrogens (tertiary/aromatic N) is 2. The van der Waals surface area contributed by atoms with Crippen molar-refractivity contribution in [3.8, 4) is 0 Å². The Morgan fingerprint density at radius 1 is 1.08 bits per heavy atom. The van der Waals surface area contributed by atoms with Gasteiger partial charge in [-0.25, -0.2) is 8.42 Å². The van der Waals surface area contributed by atoms with Gasteiger partial charge in [-0.15, -0.1) is 0 Å². The molecule has 0 spiro atoms. The van der Waals surface area contributed by atoms with E-state index < -0.39 is 10.0 Å². The Labute approximate surface area is 154 Å². The highest BCUT2D eigenvalue weighted by Crippen LogP contribution is 2.24. The Morgan fingerprint density at radius 2 is 1.69 bits per heavy atom. The molecule has 1 heterocycles. The van der Waals surface area contributed by atoms with E-state index in [1.165, 1.54) is 4.31 Å². The standard InChI is InChI=1S/C19H23N3O3S/c1-21(17-10-4-2-5-11-17)20-19(23)16-9-8-14-22(15-16)26(24,25)18-12-6-3-7-13-18/h2-7,10-13,16H,8-9,14-15H2,1H3,(H,20,23). The second-order valence-electron chi connectivity index (χ2n) is 6.39. The maximum absolute atomic E-state index is 12.8. The van der Waals surface area contributed by atoms with Crippen LogP contribution in [-0.4, -0.2) is 38.8 Å². The van der Waals surface area contributed by atoms with Crippen LogP contribution in [0.25, 0.3) is 0 Å². The summed E-state index contributed by atoms with van der Waals surface area (Å²) in [6.07, 6.45) is 1.34. The predicted molar refractivity (Wildman–Crippen MR) is 101 cm³/mol. The zero-order valence-corrected chi connectivity index (χ0v) is 15.5. The van der Waals surface area contributed by atoms with Crippen molar-refractivity contribution in [2.45, 2.75) is 17.7 Å². The molecule has 6 nitrogen and oxygen atoms in total. The molecule has 0 saturated carbocycles. The summed E-state index contributed by atoms with van der Waals surface area (Å²) in [7, 11) is -1.80. The Bertz CT molecular complexity index is 841. The molecular formula is C19H23N3O3S. The second-order valence-corrected chi connectivity index (χ2v) is 8.32. The molecule has 3 rings (SSSR count). The summed E-state index contributed by atoms with van der Waals surface area (Å²) in [5.41, 5.74) is 3.72. The largest absolute Gasteiger partial charge is 0.289 e. The van der Waals surface area contributed by atoms with Crippen molar-refractivity contribution in [3.05, 3.63) is 60.7 Å². The molecule has 1 N–H and O–H groups in total. The van der Waals surface area contributed by atoms with Crippen LogP contribution in [0.15, 0.2) is 65.6 Å². The van der Waals surface area contributed by atoms with Crippen molar-refractivity contribution in [3.63, 3.8) is 0 Å².